The van der Waals surface area contributed by atoms with E-state index in [0.717, 1.165) is 12.8 Å². The van der Waals surface area contributed by atoms with Gasteiger partial charge in [0.1, 0.15) is 0 Å². The van der Waals surface area contributed by atoms with Gasteiger partial charge in [-0.2, -0.15) is 0 Å². The highest BCUT2D eigenvalue weighted by atomic mass is 32.1. The number of rotatable bonds is 1. The van der Waals surface area contributed by atoms with Gasteiger partial charge in [0.05, 0.1) is 5.69 Å². The van der Waals surface area contributed by atoms with E-state index in [1.54, 1.807) is 0 Å². The third kappa shape index (κ3) is 2.08. The molecule has 3 rings (SSSR count). The Balaban J connectivity index is 1.88. The largest absolute Gasteiger partial charge is 0.345 e. The number of anilines is 1. The van der Waals surface area contributed by atoms with E-state index in [-0.39, 0.29) is 6.04 Å². The van der Waals surface area contributed by atoms with Crippen molar-refractivity contribution in [2.45, 2.75) is 57.5 Å². The third-order valence-electron chi connectivity index (χ3n) is 4.03. The van der Waals surface area contributed by atoms with Crippen LogP contribution in [0.3, 0.4) is 0 Å². The van der Waals surface area contributed by atoms with Crippen molar-refractivity contribution in [3.63, 3.8) is 0 Å². The lowest BCUT2D eigenvalue weighted by atomic mass is 9.99. The molecule has 0 spiro atoms. The van der Waals surface area contributed by atoms with Gasteiger partial charge in [-0.3, -0.25) is 0 Å². The summed E-state index contributed by atoms with van der Waals surface area (Å²) in [6.45, 7) is 3.49. The molecular formula is C13H21N3S. The second kappa shape index (κ2) is 4.58. The van der Waals surface area contributed by atoms with Gasteiger partial charge in [0.25, 0.3) is 0 Å². The van der Waals surface area contributed by atoms with Crippen LogP contribution in [0.4, 0.5) is 5.13 Å². The van der Waals surface area contributed by atoms with Gasteiger partial charge in [0.15, 0.2) is 5.13 Å². The standard InChI is InChI=1S/C13H21N3S/c1-9-5-2-3-8-16(9)13-15-11-7-4-6-10(14)12(11)17-13/h9-10H,2-8,14H2,1H3. The average Bonchev–Trinajstić information content (AvgIpc) is 2.75. The van der Waals surface area contributed by atoms with Crippen LogP contribution in [-0.2, 0) is 6.42 Å². The Labute approximate surface area is 107 Å². The van der Waals surface area contributed by atoms with E-state index < -0.39 is 0 Å². The summed E-state index contributed by atoms with van der Waals surface area (Å²) in [6, 6.07) is 0.887. The topological polar surface area (TPSA) is 42.2 Å². The Kier molecular flexibility index (Phi) is 3.09. The van der Waals surface area contributed by atoms with Crippen LogP contribution in [0.5, 0.6) is 0 Å². The maximum Gasteiger partial charge on any atom is 0.186 e. The van der Waals surface area contributed by atoms with Crippen LogP contribution < -0.4 is 10.6 Å². The summed E-state index contributed by atoms with van der Waals surface area (Å²) in [4.78, 5) is 8.68. The fraction of sp³-hybridized carbons (Fsp3) is 0.769. The van der Waals surface area contributed by atoms with Gasteiger partial charge in [0.2, 0.25) is 0 Å². The first-order chi connectivity index (χ1) is 8.25. The number of piperidine rings is 1. The molecule has 2 heterocycles. The van der Waals surface area contributed by atoms with Gasteiger partial charge in [0, 0.05) is 23.5 Å². The minimum atomic E-state index is 0.241. The summed E-state index contributed by atoms with van der Waals surface area (Å²) in [6.07, 6.45) is 7.43. The molecule has 1 fully saturated rings. The molecule has 0 saturated carbocycles. The average molecular weight is 251 g/mol. The Morgan fingerprint density at radius 1 is 1.29 bits per heavy atom. The first-order valence-corrected chi connectivity index (χ1v) is 7.59. The normalized spacial score (nSPS) is 29.2. The second-order valence-corrected chi connectivity index (χ2v) is 6.35. The molecule has 94 valence electrons. The number of hydrogen-bond acceptors (Lipinski definition) is 4. The van der Waals surface area contributed by atoms with Crippen LogP contribution in [-0.4, -0.2) is 17.6 Å². The molecule has 0 radical (unpaired) electrons. The first kappa shape index (κ1) is 11.5. The molecule has 2 atom stereocenters. The first-order valence-electron chi connectivity index (χ1n) is 6.77. The molecule has 1 aromatic rings. The highest BCUT2D eigenvalue weighted by molar-refractivity contribution is 7.15. The molecule has 3 nitrogen and oxygen atoms in total. The van der Waals surface area contributed by atoms with E-state index in [1.165, 1.54) is 47.9 Å². The Bertz CT molecular complexity index is 401. The quantitative estimate of drug-likeness (QED) is 0.834. The van der Waals surface area contributed by atoms with Crippen LogP contribution in [0.2, 0.25) is 0 Å². The van der Waals surface area contributed by atoms with Gasteiger partial charge < -0.3 is 10.6 Å². The zero-order valence-corrected chi connectivity index (χ0v) is 11.3. The minimum Gasteiger partial charge on any atom is -0.345 e. The molecular weight excluding hydrogens is 230 g/mol. The highest BCUT2D eigenvalue weighted by Gasteiger charge is 2.26. The molecule has 4 heteroatoms. The van der Waals surface area contributed by atoms with E-state index in [1.807, 2.05) is 11.3 Å². The molecule has 1 aliphatic carbocycles. The Hall–Kier alpha value is -0.610. The summed E-state index contributed by atoms with van der Waals surface area (Å²) in [5.74, 6) is 0. The second-order valence-electron chi connectivity index (χ2n) is 5.34. The van der Waals surface area contributed by atoms with E-state index in [2.05, 4.69) is 11.8 Å². The van der Waals surface area contributed by atoms with E-state index >= 15 is 0 Å². The zero-order chi connectivity index (χ0) is 11.8. The summed E-state index contributed by atoms with van der Waals surface area (Å²) < 4.78 is 0. The van der Waals surface area contributed by atoms with Crippen molar-refractivity contribution >= 4 is 16.5 Å². The fourth-order valence-electron chi connectivity index (χ4n) is 2.95. The van der Waals surface area contributed by atoms with Gasteiger partial charge in [-0.25, -0.2) is 4.98 Å². The van der Waals surface area contributed by atoms with Crippen molar-refractivity contribution in [3.8, 4) is 0 Å². The Morgan fingerprint density at radius 3 is 2.94 bits per heavy atom. The molecule has 0 aromatic carbocycles. The number of hydrogen-bond donors (Lipinski definition) is 1. The lowest BCUT2D eigenvalue weighted by molar-refractivity contribution is 0.483. The summed E-state index contributed by atoms with van der Waals surface area (Å²) in [5, 5.41) is 1.22. The molecule has 1 aromatic heterocycles. The SMILES string of the molecule is CC1CCCCN1c1nc2c(s1)C(N)CCC2. The lowest BCUT2D eigenvalue weighted by Gasteiger charge is -2.33. The number of fused-ring (bicyclic) bond motifs is 1. The van der Waals surface area contributed by atoms with Gasteiger partial charge in [-0.1, -0.05) is 11.3 Å². The summed E-state index contributed by atoms with van der Waals surface area (Å²) in [5.41, 5.74) is 7.45. The van der Waals surface area contributed by atoms with E-state index in [0.29, 0.717) is 6.04 Å². The number of nitrogens with zero attached hydrogens (tertiary/aromatic N) is 2. The summed E-state index contributed by atoms with van der Waals surface area (Å²) >= 11 is 1.84. The van der Waals surface area contributed by atoms with Crippen molar-refractivity contribution in [1.82, 2.24) is 4.98 Å². The number of aromatic nitrogens is 1. The monoisotopic (exact) mass is 251 g/mol. The number of thiazole rings is 1. The van der Waals surface area contributed by atoms with Gasteiger partial charge in [-0.05, 0) is 45.4 Å². The maximum absolute atomic E-state index is 6.18. The molecule has 17 heavy (non-hydrogen) atoms. The van der Waals surface area contributed by atoms with Crippen LogP contribution in [0.25, 0.3) is 0 Å². The van der Waals surface area contributed by atoms with Crippen LogP contribution in [0.1, 0.15) is 55.6 Å². The molecule has 0 bridgehead atoms. The zero-order valence-electron chi connectivity index (χ0n) is 10.5. The predicted octanol–water partition coefficient (Wildman–Crippen LogP) is 2.86. The molecule has 2 aliphatic rings. The van der Waals surface area contributed by atoms with E-state index in [4.69, 9.17) is 10.7 Å². The highest BCUT2D eigenvalue weighted by Crippen LogP contribution is 2.38. The van der Waals surface area contributed by atoms with Gasteiger partial charge >= 0.3 is 0 Å². The smallest absolute Gasteiger partial charge is 0.186 e. The molecule has 1 saturated heterocycles. The Morgan fingerprint density at radius 2 is 2.18 bits per heavy atom. The lowest BCUT2D eigenvalue weighted by Crippen LogP contribution is -2.37. The van der Waals surface area contributed by atoms with Crippen LogP contribution in [0.15, 0.2) is 0 Å². The van der Waals surface area contributed by atoms with Crippen molar-refractivity contribution in [1.29, 1.82) is 0 Å². The van der Waals surface area contributed by atoms with Crippen molar-refractivity contribution in [3.05, 3.63) is 10.6 Å². The number of nitrogens with two attached hydrogens (primary N) is 1. The van der Waals surface area contributed by atoms with Crippen LogP contribution >= 0.6 is 11.3 Å². The van der Waals surface area contributed by atoms with E-state index in [9.17, 15) is 0 Å². The van der Waals surface area contributed by atoms with Crippen molar-refractivity contribution < 1.29 is 0 Å². The molecule has 0 amide bonds. The molecule has 1 aliphatic heterocycles. The number of aryl methyl sites for hydroxylation is 1. The molecule has 2 unspecified atom stereocenters. The third-order valence-corrected chi connectivity index (χ3v) is 5.30. The predicted molar refractivity (Wildman–Crippen MR) is 72.6 cm³/mol. The molecule has 2 N–H and O–H groups in total. The summed E-state index contributed by atoms with van der Waals surface area (Å²) in [7, 11) is 0. The van der Waals surface area contributed by atoms with Crippen LogP contribution in [0, 0.1) is 0 Å². The minimum absolute atomic E-state index is 0.241. The van der Waals surface area contributed by atoms with Crippen molar-refractivity contribution in [2.75, 3.05) is 11.4 Å². The van der Waals surface area contributed by atoms with Gasteiger partial charge in [-0.15, -0.1) is 0 Å². The maximum atomic E-state index is 6.18. The fourth-order valence-corrected chi connectivity index (χ4v) is 4.22. The van der Waals surface area contributed by atoms with Crippen molar-refractivity contribution in [2.24, 2.45) is 5.73 Å².